The van der Waals surface area contributed by atoms with Gasteiger partial charge in [0, 0.05) is 5.56 Å². The van der Waals surface area contributed by atoms with Gasteiger partial charge < -0.3 is 15.3 Å². The molecule has 0 aliphatic carbocycles. The molecule has 1 atom stereocenters. The number of carboxylic acids is 1. The van der Waals surface area contributed by atoms with Gasteiger partial charge in [0.15, 0.2) is 0 Å². The first kappa shape index (κ1) is 10.5. The molecule has 0 amide bonds. The van der Waals surface area contributed by atoms with Gasteiger partial charge in [-0.05, 0) is 13.0 Å². The minimum Gasteiger partial charge on any atom is -0.508 e. The van der Waals surface area contributed by atoms with E-state index in [1.54, 1.807) is 12.1 Å². The van der Waals surface area contributed by atoms with E-state index in [0.29, 0.717) is 0 Å². The molecule has 1 aromatic carbocycles. The van der Waals surface area contributed by atoms with Gasteiger partial charge >= 0.3 is 5.97 Å². The molecule has 4 nitrogen and oxygen atoms in total. The van der Waals surface area contributed by atoms with Crippen molar-refractivity contribution in [1.82, 2.24) is 0 Å². The summed E-state index contributed by atoms with van der Waals surface area (Å²) >= 11 is 0. The van der Waals surface area contributed by atoms with E-state index in [9.17, 15) is 15.0 Å². The number of phenols is 1. The number of rotatable bonds is 3. The number of para-hydroxylation sites is 1. The van der Waals surface area contributed by atoms with Crippen LogP contribution in [0.4, 0.5) is 0 Å². The molecule has 0 bridgehead atoms. The average Bonchev–Trinajstić information content (AvgIpc) is 2.02. The smallest absolute Gasteiger partial charge is 0.306 e. The zero-order chi connectivity index (χ0) is 10.8. The van der Waals surface area contributed by atoms with Crippen LogP contribution in [0.5, 0.6) is 5.75 Å². The van der Waals surface area contributed by atoms with Gasteiger partial charge in [-0.15, -0.1) is 0 Å². The molecule has 1 unspecified atom stereocenters. The molecular weight excluding hydrogens is 184 g/mol. The van der Waals surface area contributed by atoms with Crippen molar-refractivity contribution in [2.75, 3.05) is 0 Å². The lowest BCUT2D eigenvalue weighted by Gasteiger charge is -2.22. The van der Waals surface area contributed by atoms with Crippen LogP contribution in [0.1, 0.15) is 18.9 Å². The van der Waals surface area contributed by atoms with E-state index in [4.69, 9.17) is 5.11 Å². The van der Waals surface area contributed by atoms with Gasteiger partial charge in [0.25, 0.3) is 0 Å². The Hall–Kier alpha value is -1.55. The SMILES string of the molecule is CC(O)(CC(=O)O)c1ccccc1O. The second-order valence-electron chi connectivity index (χ2n) is 3.36. The minimum atomic E-state index is -1.54. The Morgan fingerprint density at radius 1 is 1.43 bits per heavy atom. The summed E-state index contributed by atoms with van der Waals surface area (Å²) in [5.41, 5.74) is -1.32. The predicted molar refractivity (Wildman–Crippen MR) is 49.9 cm³/mol. The summed E-state index contributed by atoms with van der Waals surface area (Å²) in [6, 6.07) is 6.14. The van der Waals surface area contributed by atoms with Crippen LogP contribution in [0.15, 0.2) is 24.3 Å². The van der Waals surface area contributed by atoms with Gasteiger partial charge in [-0.1, -0.05) is 18.2 Å². The molecule has 1 rings (SSSR count). The van der Waals surface area contributed by atoms with Crippen LogP contribution in [-0.2, 0) is 10.4 Å². The summed E-state index contributed by atoms with van der Waals surface area (Å²) < 4.78 is 0. The van der Waals surface area contributed by atoms with Crippen molar-refractivity contribution in [2.45, 2.75) is 18.9 Å². The second kappa shape index (κ2) is 3.67. The van der Waals surface area contributed by atoms with Crippen molar-refractivity contribution in [1.29, 1.82) is 0 Å². The third kappa shape index (κ3) is 2.23. The normalized spacial score (nSPS) is 14.7. The number of aromatic hydroxyl groups is 1. The summed E-state index contributed by atoms with van der Waals surface area (Å²) in [5, 5.41) is 27.8. The highest BCUT2D eigenvalue weighted by Crippen LogP contribution is 2.31. The standard InChI is InChI=1S/C10H12O4/c1-10(14,6-9(12)13)7-4-2-3-5-8(7)11/h2-5,11,14H,6H2,1H3,(H,12,13). The summed E-state index contributed by atoms with van der Waals surface area (Å²) in [6.45, 7) is 1.36. The van der Waals surface area contributed by atoms with Crippen LogP contribution in [0.25, 0.3) is 0 Å². The number of aliphatic carboxylic acids is 1. The lowest BCUT2D eigenvalue weighted by atomic mass is 9.92. The van der Waals surface area contributed by atoms with Crippen molar-refractivity contribution in [2.24, 2.45) is 0 Å². The molecule has 0 heterocycles. The molecule has 76 valence electrons. The highest BCUT2D eigenvalue weighted by Gasteiger charge is 2.28. The van der Waals surface area contributed by atoms with Gasteiger partial charge in [0.05, 0.1) is 6.42 Å². The predicted octanol–water partition coefficient (Wildman–Crippen LogP) is 1.07. The Labute approximate surface area is 81.4 Å². The van der Waals surface area contributed by atoms with Gasteiger partial charge in [0.1, 0.15) is 11.4 Å². The molecule has 4 heteroatoms. The number of hydrogen-bond acceptors (Lipinski definition) is 3. The topological polar surface area (TPSA) is 77.8 Å². The monoisotopic (exact) mass is 196 g/mol. The van der Waals surface area contributed by atoms with Gasteiger partial charge in [-0.2, -0.15) is 0 Å². The van der Waals surface area contributed by atoms with Crippen molar-refractivity contribution < 1.29 is 20.1 Å². The molecule has 0 aliphatic heterocycles. The third-order valence-corrected chi connectivity index (χ3v) is 1.98. The number of carbonyl (C=O) groups is 1. The second-order valence-corrected chi connectivity index (χ2v) is 3.36. The Bertz CT molecular complexity index is 344. The Morgan fingerprint density at radius 3 is 2.50 bits per heavy atom. The Morgan fingerprint density at radius 2 is 2.00 bits per heavy atom. The molecule has 1 aromatic rings. The molecule has 0 fully saturated rings. The van der Waals surface area contributed by atoms with Crippen LogP contribution < -0.4 is 0 Å². The van der Waals surface area contributed by atoms with Crippen LogP contribution in [-0.4, -0.2) is 21.3 Å². The summed E-state index contributed by atoms with van der Waals surface area (Å²) in [6.07, 6.45) is -0.440. The summed E-state index contributed by atoms with van der Waals surface area (Å²) in [7, 11) is 0. The largest absolute Gasteiger partial charge is 0.508 e. The highest BCUT2D eigenvalue weighted by molar-refractivity contribution is 5.68. The number of hydrogen-bond donors (Lipinski definition) is 3. The zero-order valence-corrected chi connectivity index (χ0v) is 7.77. The van der Waals surface area contributed by atoms with Crippen LogP contribution in [0.3, 0.4) is 0 Å². The van der Waals surface area contributed by atoms with E-state index >= 15 is 0 Å². The van der Waals surface area contributed by atoms with E-state index < -0.39 is 18.0 Å². The van der Waals surface area contributed by atoms with Gasteiger partial charge in [0.2, 0.25) is 0 Å². The fourth-order valence-corrected chi connectivity index (χ4v) is 1.32. The number of aliphatic hydroxyl groups is 1. The lowest BCUT2D eigenvalue weighted by molar-refractivity contribution is -0.142. The third-order valence-electron chi connectivity index (χ3n) is 1.98. The number of carboxylic acid groups (broad SMARTS) is 1. The Kier molecular flexibility index (Phi) is 2.76. The van der Waals surface area contributed by atoms with E-state index in [1.165, 1.54) is 19.1 Å². The van der Waals surface area contributed by atoms with Crippen molar-refractivity contribution >= 4 is 5.97 Å². The zero-order valence-electron chi connectivity index (χ0n) is 7.77. The fourth-order valence-electron chi connectivity index (χ4n) is 1.32. The van der Waals surface area contributed by atoms with Gasteiger partial charge in [-0.3, -0.25) is 4.79 Å². The van der Waals surface area contributed by atoms with Crippen LogP contribution in [0, 0.1) is 0 Å². The maximum atomic E-state index is 10.5. The van der Waals surface area contributed by atoms with E-state index in [-0.39, 0.29) is 11.3 Å². The van der Waals surface area contributed by atoms with E-state index in [0.717, 1.165) is 0 Å². The first-order valence-corrected chi connectivity index (χ1v) is 4.16. The lowest BCUT2D eigenvalue weighted by Crippen LogP contribution is -2.25. The van der Waals surface area contributed by atoms with E-state index in [1.807, 2.05) is 0 Å². The summed E-state index contributed by atoms with van der Waals surface area (Å²) in [4.78, 5) is 10.5. The Balaban J connectivity index is 3.03. The maximum Gasteiger partial charge on any atom is 0.306 e. The molecule has 0 radical (unpaired) electrons. The molecule has 0 saturated carbocycles. The maximum absolute atomic E-state index is 10.5. The number of phenolic OH excluding ortho intramolecular Hbond substituents is 1. The number of benzene rings is 1. The molecule has 0 spiro atoms. The molecule has 0 aromatic heterocycles. The molecular formula is C10H12O4. The van der Waals surface area contributed by atoms with Crippen molar-refractivity contribution in [3.05, 3.63) is 29.8 Å². The molecule has 14 heavy (non-hydrogen) atoms. The highest BCUT2D eigenvalue weighted by atomic mass is 16.4. The quantitative estimate of drug-likeness (QED) is 0.675. The molecule has 0 saturated heterocycles. The van der Waals surface area contributed by atoms with Crippen LogP contribution in [0.2, 0.25) is 0 Å². The molecule has 0 aliphatic rings. The van der Waals surface area contributed by atoms with Gasteiger partial charge in [-0.25, -0.2) is 0 Å². The minimum absolute atomic E-state index is 0.0984. The molecule has 3 N–H and O–H groups in total. The first-order chi connectivity index (χ1) is 6.43. The van der Waals surface area contributed by atoms with Crippen molar-refractivity contribution in [3.8, 4) is 5.75 Å². The van der Waals surface area contributed by atoms with Crippen molar-refractivity contribution in [3.63, 3.8) is 0 Å². The first-order valence-electron chi connectivity index (χ1n) is 4.16. The van der Waals surface area contributed by atoms with Crippen LogP contribution >= 0.6 is 0 Å². The average molecular weight is 196 g/mol. The van der Waals surface area contributed by atoms with E-state index in [2.05, 4.69) is 0 Å². The summed E-state index contributed by atoms with van der Waals surface area (Å²) in [5.74, 6) is -1.21. The fraction of sp³-hybridized carbons (Fsp3) is 0.300.